The number of hydrogen-bond acceptors (Lipinski definition) is 7. The molecule has 0 bridgehead atoms. The lowest BCUT2D eigenvalue weighted by molar-refractivity contribution is -0.185. The average molecular weight is 416 g/mol. The number of carbonyl (C=O) groups excluding carboxylic acids is 3. The van der Waals surface area contributed by atoms with Crippen LogP contribution in [-0.4, -0.2) is 36.7 Å². The highest BCUT2D eigenvalue weighted by atomic mass is 16.6. The molecule has 0 amide bonds. The summed E-state index contributed by atoms with van der Waals surface area (Å²) in [6.45, 7) is 10.2. The van der Waals surface area contributed by atoms with E-state index < -0.39 is 35.7 Å². The zero-order chi connectivity index (χ0) is 22.6. The van der Waals surface area contributed by atoms with E-state index in [2.05, 4.69) is 0 Å². The van der Waals surface area contributed by atoms with Gasteiger partial charge in [0.15, 0.2) is 12.2 Å². The van der Waals surface area contributed by atoms with Gasteiger partial charge in [-0.05, 0) is 59.7 Å². The quantitative estimate of drug-likeness (QED) is 0.406. The molecule has 1 aliphatic heterocycles. The minimum atomic E-state index is -1.00. The van der Waals surface area contributed by atoms with Gasteiger partial charge in [-0.3, -0.25) is 0 Å². The molecule has 0 radical (unpaired) electrons. The highest BCUT2D eigenvalue weighted by Gasteiger charge is 2.49. The fourth-order valence-electron chi connectivity index (χ4n) is 2.96. The van der Waals surface area contributed by atoms with Crippen LogP contribution in [0.3, 0.4) is 0 Å². The maximum Gasteiger partial charge on any atom is 0.337 e. The molecule has 0 unspecified atom stereocenters. The highest BCUT2D eigenvalue weighted by Crippen LogP contribution is 2.44. The SMILES string of the molecule is C/C=C(\C)C(=O)O[C@@H]1c2cc(C(=O)OC)ccc2OC(C)(C)[C@@H]1OC(=O)/C(C)=C/C. The predicted molar refractivity (Wildman–Crippen MR) is 110 cm³/mol. The van der Waals surface area contributed by atoms with Crippen molar-refractivity contribution in [2.24, 2.45) is 0 Å². The molecule has 0 aliphatic carbocycles. The first-order valence-electron chi connectivity index (χ1n) is 9.64. The third-order valence-corrected chi connectivity index (χ3v) is 5.05. The second-order valence-corrected chi connectivity index (χ2v) is 7.54. The van der Waals surface area contributed by atoms with Crippen LogP contribution in [0.2, 0.25) is 0 Å². The van der Waals surface area contributed by atoms with Crippen LogP contribution in [0.4, 0.5) is 0 Å². The van der Waals surface area contributed by atoms with Gasteiger partial charge >= 0.3 is 17.9 Å². The zero-order valence-electron chi connectivity index (χ0n) is 18.4. The van der Waals surface area contributed by atoms with Crippen LogP contribution in [0, 0.1) is 0 Å². The Labute approximate surface area is 176 Å². The Morgan fingerprint density at radius 3 is 2.10 bits per heavy atom. The second kappa shape index (κ2) is 9.15. The molecule has 0 saturated heterocycles. The van der Waals surface area contributed by atoms with Gasteiger partial charge in [-0.15, -0.1) is 0 Å². The third-order valence-electron chi connectivity index (χ3n) is 5.05. The topological polar surface area (TPSA) is 88.1 Å². The Hall–Kier alpha value is -3.09. The van der Waals surface area contributed by atoms with Gasteiger partial charge in [0, 0.05) is 16.7 Å². The van der Waals surface area contributed by atoms with Gasteiger partial charge in [0.25, 0.3) is 0 Å². The van der Waals surface area contributed by atoms with Crippen LogP contribution in [0.1, 0.15) is 63.6 Å². The number of allylic oxidation sites excluding steroid dienone is 2. The molecular formula is C23H28O7. The smallest absolute Gasteiger partial charge is 0.337 e. The Morgan fingerprint density at radius 1 is 1.00 bits per heavy atom. The maximum atomic E-state index is 12.6. The Balaban J connectivity index is 2.59. The summed E-state index contributed by atoms with van der Waals surface area (Å²) in [6, 6.07) is 4.71. The number of esters is 3. The van der Waals surface area contributed by atoms with Crippen molar-refractivity contribution in [2.75, 3.05) is 7.11 Å². The summed E-state index contributed by atoms with van der Waals surface area (Å²) < 4.78 is 22.3. The average Bonchev–Trinajstić information content (AvgIpc) is 2.73. The predicted octanol–water partition coefficient (Wildman–Crippen LogP) is 4.07. The lowest BCUT2D eigenvalue weighted by atomic mass is 9.87. The number of benzene rings is 1. The van der Waals surface area contributed by atoms with Crippen molar-refractivity contribution < 1.29 is 33.3 Å². The van der Waals surface area contributed by atoms with Gasteiger partial charge in [0.2, 0.25) is 0 Å². The summed E-state index contributed by atoms with van der Waals surface area (Å²) in [7, 11) is 1.28. The molecule has 1 heterocycles. The standard InChI is InChI=1S/C23H28O7/c1-8-13(3)20(24)28-18-16-12-15(22(26)27-7)10-11-17(16)30-23(5,6)19(18)29-21(25)14(4)9-2/h8-12,18-19H,1-7H3/b13-8+,14-9+/t18-,19-/m1/s1. The summed E-state index contributed by atoms with van der Waals surface area (Å²) in [5, 5.41) is 0. The van der Waals surface area contributed by atoms with Gasteiger partial charge < -0.3 is 18.9 Å². The molecule has 1 aromatic rings. The first-order valence-corrected chi connectivity index (χ1v) is 9.64. The fourth-order valence-corrected chi connectivity index (χ4v) is 2.96. The molecule has 162 valence electrons. The lowest BCUT2D eigenvalue weighted by Gasteiger charge is -2.43. The van der Waals surface area contributed by atoms with E-state index in [0.29, 0.717) is 22.5 Å². The molecule has 7 nitrogen and oxygen atoms in total. The second-order valence-electron chi connectivity index (χ2n) is 7.54. The number of ether oxygens (including phenoxy) is 4. The summed E-state index contributed by atoms with van der Waals surface area (Å²) in [4.78, 5) is 37.1. The van der Waals surface area contributed by atoms with Crippen LogP contribution in [0.15, 0.2) is 41.5 Å². The summed E-state index contributed by atoms with van der Waals surface area (Å²) in [5.74, 6) is -1.22. The van der Waals surface area contributed by atoms with E-state index in [9.17, 15) is 14.4 Å². The lowest BCUT2D eigenvalue weighted by Crippen LogP contribution is -2.52. The molecule has 2 atom stereocenters. The number of hydrogen-bond donors (Lipinski definition) is 0. The van der Waals surface area contributed by atoms with Crippen molar-refractivity contribution in [3.8, 4) is 5.75 Å². The van der Waals surface area contributed by atoms with Gasteiger partial charge in [-0.25, -0.2) is 14.4 Å². The molecular weight excluding hydrogens is 388 g/mol. The zero-order valence-corrected chi connectivity index (χ0v) is 18.4. The molecule has 1 aliphatic rings. The molecule has 30 heavy (non-hydrogen) atoms. The molecule has 0 aromatic heterocycles. The summed E-state index contributed by atoms with van der Waals surface area (Å²) >= 11 is 0. The van der Waals surface area contributed by atoms with Gasteiger partial charge in [-0.1, -0.05) is 12.2 Å². The normalized spacial score (nSPS) is 20.5. The van der Waals surface area contributed by atoms with Crippen LogP contribution < -0.4 is 4.74 Å². The van der Waals surface area contributed by atoms with E-state index in [1.54, 1.807) is 65.8 Å². The number of carbonyl (C=O) groups is 3. The van der Waals surface area contributed by atoms with Crippen molar-refractivity contribution in [1.82, 2.24) is 0 Å². The Morgan fingerprint density at radius 2 is 1.57 bits per heavy atom. The Bertz CT molecular complexity index is 908. The molecule has 1 aromatic carbocycles. The number of fused-ring (bicyclic) bond motifs is 1. The van der Waals surface area contributed by atoms with Crippen LogP contribution >= 0.6 is 0 Å². The van der Waals surface area contributed by atoms with Crippen molar-refractivity contribution in [1.29, 1.82) is 0 Å². The highest BCUT2D eigenvalue weighted by molar-refractivity contribution is 5.90. The minimum absolute atomic E-state index is 0.262. The summed E-state index contributed by atoms with van der Waals surface area (Å²) in [6.07, 6.45) is 1.33. The van der Waals surface area contributed by atoms with Gasteiger partial charge in [-0.2, -0.15) is 0 Å². The van der Waals surface area contributed by atoms with Crippen molar-refractivity contribution in [2.45, 2.75) is 59.4 Å². The first-order chi connectivity index (χ1) is 14.0. The minimum Gasteiger partial charge on any atom is -0.483 e. The number of rotatable bonds is 5. The van der Waals surface area contributed by atoms with Crippen molar-refractivity contribution in [3.05, 3.63) is 52.6 Å². The van der Waals surface area contributed by atoms with E-state index in [1.165, 1.54) is 13.2 Å². The Kier molecular flexibility index (Phi) is 7.08. The van der Waals surface area contributed by atoms with Gasteiger partial charge in [0.1, 0.15) is 11.4 Å². The van der Waals surface area contributed by atoms with Crippen molar-refractivity contribution in [3.63, 3.8) is 0 Å². The van der Waals surface area contributed by atoms with E-state index in [1.807, 2.05) is 0 Å². The van der Waals surface area contributed by atoms with E-state index in [4.69, 9.17) is 18.9 Å². The molecule has 0 spiro atoms. The molecule has 0 fully saturated rings. The number of methoxy groups -OCH3 is 1. The molecule has 0 saturated carbocycles. The monoisotopic (exact) mass is 416 g/mol. The van der Waals surface area contributed by atoms with E-state index in [0.717, 1.165) is 0 Å². The largest absolute Gasteiger partial charge is 0.483 e. The summed E-state index contributed by atoms with van der Waals surface area (Å²) in [5.41, 5.74) is 0.496. The maximum absolute atomic E-state index is 12.6. The molecule has 0 N–H and O–H groups in total. The molecule has 7 heteroatoms. The van der Waals surface area contributed by atoms with E-state index >= 15 is 0 Å². The van der Waals surface area contributed by atoms with Crippen molar-refractivity contribution >= 4 is 17.9 Å². The van der Waals surface area contributed by atoms with Crippen LogP contribution in [0.5, 0.6) is 5.75 Å². The van der Waals surface area contributed by atoms with Gasteiger partial charge in [0.05, 0.1) is 12.7 Å². The third kappa shape index (κ3) is 4.72. The van der Waals surface area contributed by atoms with Crippen LogP contribution in [0.25, 0.3) is 0 Å². The fraction of sp³-hybridized carbons (Fsp3) is 0.435. The first kappa shape index (κ1) is 23.2. The molecule has 2 rings (SSSR count). The van der Waals surface area contributed by atoms with Crippen LogP contribution in [-0.2, 0) is 23.8 Å². The van der Waals surface area contributed by atoms with E-state index in [-0.39, 0.29) is 5.56 Å².